The highest BCUT2D eigenvalue weighted by molar-refractivity contribution is 7.13. The van der Waals surface area contributed by atoms with Gasteiger partial charge in [0.15, 0.2) is 5.13 Å². The molecule has 1 aromatic rings. The van der Waals surface area contributed by atoms with E-state index >= 15 is 0 Å². The van der Waals surface area contributed by atoms with Crippen molar-refractivity contribution < 1.29 is 9.90 Å². The normalized spacial score (nSPS) is 10.6. The van der Waals surface area contributed by atoms with Gasteiger partial charge in [0.2, 0.25) is 0 Å². The zero-order valence-corrected chi connectivity index (χ0v) is 9.83. The third kappa shape index (κ3) is 3.87. The summed E-state index contributed by atoms with van der Waals surface area (Å²) in [4.78, 5) is 16.8. The number of hydrogen-bond donors (Lipinski definition) is 1. The predicted octanol–water partition coefficient (Wildman–Crippen LogP) is 2.22. The monoisotopic (exact) mass is 228 g/mol. The summed E-state index contributed by atoms with van der Waals surface area (Å²) in [6.45, 7) is 4.92. The molecule has 0 fully saturated rings. The van der Waals surface area contributed by atoms with Gasteiger partial charge in [-0.15, -0.1) is 11.3 Å². The molecule has 84 valence electrons. The zero-order valence-electron chi connectivity index (χ0n) is 9.01. The summed E-state index contributed by atoms with van der Waals surface area (Å²) in [5, 5.41) is 11.5. The predicted molar refractivity (Wildman–Crippen MR) is 61.5 cm³/mol. The number of thiazole rings is 1. The van der Waals surface area contributed by atoms with Crippen LogP contribution in [0.25, 0.3) is 0 Å². The molecule has 0 unspecified atom stereocenters. The number of anilines is 1. The Hall–Kier alpha value is -1.10. The van der Waals surface area contributed by atoms with E-state index in [1.165, 1.54) is 0 Å². The molecule has 0 aliphatic heterocycles. The third-order valence-corrected chi connectivity index (χ3v) is 2.89. The summed E-state index contributed by atoms with van der Waals surface area (Å²) in [6, 6.07) is 0.352. The van der Waals surface area contributed by atoms with Gasteiger partial charge in [-0.05, 0) is 20.3 Å². The van der Waals surface area contributed by atoms with Gasteiger partial charge in [-0.2, -0.15) is 0 Å². The van der Waals surface area contributed by atoms with Gasteiger partial charge in [0.1, 0.15) is 0 Å². The van der Waals surface area contributed by atoms with Crippen LogP contribution in [0.15, 0.2) is 11.6 Å². The molecule has 1 rings (SSSR count). The highest BCUT2D eigenvalue weighted by atomic mass is 32.1. The smallest absolute Gasteiger partial charge is 0.303 e. The van der Waals surface area contributed by atoms with E-state index in [-0.39, 0.29) is 6.42 Å². The molecule has 0 aliphatic rings. The molecule has 0 radical (unpaired) electrons. The fourth-order valence-corrected chi connectivity index (χ4v) is 2.14. The highest BCUT2D eigenvalue weighted by Crippen LogP contribution is 2.20. The molecule has 15 heavy (non-hydrogen) atoms. The third-order valence-electron chi connectivity index (χ3n) is 2.08. The van der Waals surface area contributed by atoms with Crippen LogP contribution in [-0.2, 0) is 4.79 Å². The van der Waals surface area contributed by atoms with Crippen molar-refractivity contribution in [2.75, 3.05) is 11.4 Å². The minimum absolute atomic E-state index is 0.217. The lowest BCUT2D eigenvalue weighted by atomic mass is 10.2. The van der Waals surface area contributed by atoms with Gasteiger partial charge in [-0.25, -0.2) is 4.98 Å². The van der Waals surface area contributed by atoms with Crippen LogP contribution in [0.4, 0.5) is 5.13 Å². The molecule has 0 atom stereocenters. The average Bonchev–Trinajstić information content (AvgIpc) is 2.63. The molecule has 0 saturated carbocycles. The van der Waals surface area contributed by atoms with E-state index in [0.29, 0.717) is 12.5 Å². The molecule has 1 N–H and O–H groups in total. The number of hydrogen-bond acceptors (Lipinski definition) is 4. The lowest BCUT2D eigenvalue weighted by Gasteiger charge is -2.25. The molecule has 0 aliphatic carbocycles. The van der Waals surface area contributed by atoms with Crippen molar-refractivity contribution in [1.29, 1.82) is 0 Å². The average molecular weight is 228 g/mol. The number of aliphatic carboxylic acids is 1. The lowest BCUT2D eigenvalue weighted by molar-refractivity contribution is -0.137. The van der Waals surface area contributed by atoms with Crippen LogP contribution in [0.3, 0.4) is 0 Å². The fraction of sp³-hybridized carbons (Fsp3) is 0.600. The largest absolute Gasteiger partial charge is 0.481 e. The van der Waals surface area contributed by atoms with Gasteiger partial charge in [-0.3, -0.25) is 4.79 Å². The fourth-order valence-electron chi connectivity index (χ4n) is 1.33. The minimum Gasteiger partial charge on any atom is -0.481 e. The van der Waals surface area contributed by atoms with Crippen LogP contribution in [-0.4, -0.2) is 28.6 Å². The van der Waals surface area contributed by atoms with Crippen molar-refractivity contribution in [2.45, 2.75) is 32.7 Å². The zero-order chi connectivity index (χ0) is 11.3. The first-order valence-electron chi connectivity index (χ1n) is 4.99. The number of carbonyl (C=O) groups is 1. The van der Waals surface area contributed by atoms with E-state index in [1.807, 2.05) is 5.38 Å². The Balaban J connectivity index is 2.49. The number of carboxylic acids is 1. The van der Waals surface area contributed by atoms with Crippen LogP contribution >= 0.6 is 11.3 Å². The van der Waals surface area contributed by atoms with Crippen LogP contribution in [0, 0.1) is 0 Å². The molecular weight excluding hydrogens is 212 g/mol. The quantitative estimate of drug-likeness (QED) is 0.811. The van der Waals surface area contributed by atoms with Crippen molar-refractivity contribution in [1.82, 2.24) is 4.98 Å². The Kier molecular flexibility index (Phi) is 4.55. The Morgan fingerprint density at radius 2 is 2.40 bits per heavy atom. The maximum Gasteiger partial charge on any atom is 0.303 e. The lowest BCUT2D eigenvalue weighted by Crippen LogP contribution is -2.31. The second kappa shape index (κ2) is 5.70. The van der Waals surface area contributed by atoms with Gasteiger partial charge >= 0.3 is 5.97 Å². The molecule has 0 bridgehead atoms. The Bertz CT molecular complexity index is 298. The standard InChI is InChI=1S/C10H16N2O2S/c1-8(2)12(6-3-4-9(13)14)10-11-5-7-15-10/h5,7-8H,3-4,6H2,1-2H3,(H,13,14). The molecule has 1 heterocycles. The second-order valence-electron chi connectivity index (χ2n) is 3.60. The Morgan fingerprint density at radius 1 is 1.67 bits per heavy atom. The number of carboxylic acid groups (broad SMARTS) is 1. The van der Waals surface area contributed by atoms with E-state index in [2.05, 4.69) is 23.7 Å². The van der Waals surface area contributed by atoms with E-state index in [4.69, 9.17) is 5.11 Å². The molecule has 0 aromatic carbocycles. The molecule has 0 amide bonds. The van der Waals surface area contributed by atoms with E-state index in [0.717, 1.165) is 11.7 Å². The molecular formula is C10H16N2O2S. The van der Waals surface area contributed by atoms with E-state index in [1.54, 1.807) is 17.5 Å². The van der Waals surface area contributed by atoms with Gasteiger partial charge in [0.25, 0.3) is 0 Å². The summed E-state index contributed by atoms with van der Waals surface area (Å²) in [5.74, 6) is -0.738. The number of rotatable bonds is 6. The van der Waals surface area contributed by atoms with Gasteiger partial charge in [-0.1, -0.05) is 0 Å². The topological polar surface area (TPSA) is 53.4 Å². The summed E-state index contributed by atoms with van der Waals surface area (Å²) in [7, 11) is 0. The van der Waals surface area contributed by atoms with E-state index < -0.39 is 5.97 Å². The van der Waals surface area contributed by atoms with E-state index in [9.17, 15) is 4.79 Å². The van der Waals surface area contributed by atoms with Crippen LogP contribution in [0.1, 0.15) is 26.7 Å². The highest BCUT2D eigenvalue weighted by Gasteiger charge is 2.12. The minimum atomic E-state index is -0.738. The Morgan fingerprint density at radius 3 is 2.87 bits per heavy atom. The molecule has 5 heteroatoms. The van der Waals surface area contributed by atoms with Crippen molar-refractivity contribution in [3.8, 4) is 0 Å². The summed E-state index contributed by atoms with van der Waals surface area (Å²) in [5.41, 5.74) is 0. The van der Waals surface area contributed by atoms with Crippen LogP contribution in [0.2, 0.25) is 0 Å². The molecule has 4 nitrogen and oxygen atoms in total. The summed E-state index contributed by atoms with van der Waals surface area (Å²) in [6.07, 6.45) is 2.65. The van der Waals surface area contributed by atoms with Crippen LogP contribution < -0.4 is 4.90 Å². The first-order valence-corrected chi connectivity index (χ1v) is 5.87. The molecule has 0 spiro atoms. The SMILES string of the molecule is CC(C)N(CCCC(=O)O)c1nccs1. The van der Waals surface area contributed by atoms with Crippen molar-refractivity contribution >= 4 is 22.4 Å². The maximum atomic E-state index is 10.4. The maximum absolute atomic E-state index is 10.4. The molecule has 0 saturated heterocycles. The summed E-state index contributed by atoms with van der Waals surface area (Å²) < 4.78 is 0. The number of nitrogens with zero attached hydrogens (tertiary/aromatic N) is 2. The van der Waals surface area contributed by atoms with Crippen molar-refractivity contribution in [3.05, 3.63) is 11.6 Å². The van der Waals surface area contributed by atoms with Gasteiger partial charge < -0.3 is 10.0 Å². The van der Waals surface area contributed by atoms with Crippen LogP contribution in [0.5, 0.6) is 0 Å². The summed E-state index contributed by atoms with van der Waals surface area (Å²) >= 11 is 1.59. The molecule has 1 aromatic heterocycles. The van der Waals surface area contributed by atoms with Gasteiger partial charge in [0.05, 0.1) is 0 Å². The second-order valence-corrected chi connectivity index (χ2v) is 4.47. The first-order chi connectivity index (χ1) is 7.11. The number of aromatic nitrogens is 1. The van der Waals surface area contributed by atoms with Crippen molar-refractivity contribution in [2.24, 2.45) is 0 Å². The van der Waals surface area contributed by atoms with Crippen molar-refractivity contribution in [3.63, 3.8) is 0 Å². The first kappa shape index (κ1) is 12.0. The van der Waals surface area contributed by atoms with Gasteiger partial charge in [0, 0.05) is 30.6 Å². The Labute approximate surface area is 93.6 Å².